The van der Waals surface area contributed by atoms with Gasteiger partial charge in [-0.3, -0.25) is 4.98 Å². The lowest BCUT2D eigenvalue weighted by Gasteiger charge is -2.05. The molecule has 100 valence electrons. The van der Waals surface area contributed by atoms with Crippen molar-refractivity contribution in [2.75, 3.05) is 7.11 Å². The molecule has 1 aromatic carbocycles. The summed E-state index contributed by atoms with van der Waals surface area (Å²) in [5.41, 5.74) is 4.32. The number of ether oxygens (including phenoxy) is 1. The minimum atomic E-state index is 0.901. The third-order valence-corrected chi connectivity index (χ3v) is 4.01. The van der Waals surface area contributed by atoms with E-state index in [9.17, 15) is 0 Å². The summed E-state index contributed by atoms with van der Waals surface area (Å²) in [6, 6.07) is 10.1. The highest BCUT2D eigenvalue weighted by Crippen LogP contribution is 2.30. The van der Waals surface area contributed by atoms with E-state index in [-0.39, 0.29) is 0 Å². The molecular weight excluding hydrogens is 268 g/mol. The zero-order valence-corrected chi connectivity index (χ0v) is 12.1. The van der Waals surface area contributed by atoms with Gasteiger partial charge in [-0.15, -0.1) is 11.3 Å². The lowest BCUT2D eigenvalue weighted by atomic mass is 10.1. The number of methoxy groups -OCH3 is 1. The number of aryl methyl sites for hydroxylation is 1. The SMILES string of the molecule is COc1ccc(-c2csc(-c3ccncc3)n2)cc1C. The molecule has 0 amide bonds. The molecule has 0 radical (unpaired) electrons. The third kappa shape index (κ3) is 2.42. The standard InChI is InChI=1S/C16H14N2OS/c1-11-9-13(3-4-15(11)19-2)14-10-20-16(18-14)12-5-7-17-8-6-12/h3-10H,1-2H3. The minimum absolute atomic E-state index is 0.901. The third-order valence-electron chi connectivity index (χ3n) is 3.12. The van der Waals surface area contributed by atoms with Gasteiger partial charge in [0.2, 0.25) is 0 Å². The summed E-state index contributed by atoms with van der Waals surface area (Å²) in [7, 11) is 1.69. The molecule has 0 saturated carbocycles. The number of nitrogens with zero attached hydrogens (tertiary/aromatic N) is 2. The van der Waals surface area contributed by atoms with Crippen LogP contribution in [0.2, 0.25) is 0 Å². The van der Waals surface area contributed by atoms with Gasteiger partial charge >= 0.3 is 0 Å². The van der Waals surface area contributed by atoms with Crippen LogP contribution in [0, 0.1) is 6.92 Å². The van der Waals surface area contributed by atoms with Crippen molar-refractivity contribution >= 4 is 11.3 Å². The van der Waals surface area contributed by atoms with Crippen LogP contribution in [0.4, 0.5) is 0 Å². The molecule has 0 aliphatic carbocycles. The molecule has 0 aliphatic rings. The Labute approximate surface area is 121 Å². The Morgan fingerprint density at radius 2 is 1.85 bits per heavy atom. The number of aromatic nitrogens is 2. The molecule has 2 heterocycles. The molecule has 20 heavy (non-hydrogen) atoms. The monoisotopic (exact) mass is 282 g/mol. The van der Waals surface area contributed by atoms with Crippen molar-refractivity contribution in [3.8, 4) is 27.6 Å². The van der Waals surface area contributed by atoms with E-state index in [1.165, 1.54) is 0 Å². The van der Waals surface area contributed by atoms with Crippen LogP contribution < -0.4 is 4.74 Å². The van der Waals surface area contributed by atoms with E-state index in [2.05, 4.69) is 16.4 Å². The van der Waals surface area contributed by atoms with Crippen LogP contribution in [0.1, 0.15) is 5.56 Å². The van der Waals surface area contributed by atoms with E-state index in [4.69, 9.17) is 9.72 Å². The predicted molar refractivity (Wildman–Crippen MR) is 82.1 cm³/mol. The van der Waals surface area contributed by atoms with Gasteiger partial charge in [0.05, 0.1) is 12.8 Å². The molecule has 3 nitrogen and oxygen atoms in total. The first-order chi connectivity index (χ1) is 9.78. The van der Waals surface area contributed by atoms with Crippen LogP contribution in [-0.2, 0) is 0 Å². The fraction of sp³-hybridized carbons (Fsp3) is 0.125. The largest absolute Gasteiger partial charge is 0.496 e. The summed E-state index contributed by atoms with van der Waals surface area (Å²) in [4.78, 5) is 8.73. The molecule has 0 saturated heterocycles. The van der Waals surface area contributed by atoms with Crippen molar-refractivity contribution in [2.24, 2.45) is 0 Å². The highest BCUT2D eigenvalue weighted by Gasteiger charge is 2.08. The molecule has 3 rings (SSSR count). The predicted octanol–water partition coefficient (Wildman–Crippen LogP) is 4.19. The summed E-state index contributed by atoms with van der Waals surface area (Å²) in [6.45, 7) is 2.04. The zero-order valence-electron chi connectivity index (χ0n) is 11.3. The first kappa shape index (κ1) is 12.8. The van der Waals surface area contributed by atoms with Crippen LogP contribution >= 0.6 is 11.3 Å². The van der Waals surface area contributed by atoms with Crippen molar-refractivity contribution in [2.45, 2.75) is 6.92 Å². The molecule has 0 atom stereocenters. The van der Waals surface area contributed by atoms with Crippen LogP contribution in [0.25, 0.3) is 21.8 Å². The van der Waals surface area contributed by atoms with Crippen molar-refractivity contribution in [3.05, 3.63) is 53.7 Å². The van der Waals surface area contributed by atoms with Crippen LogP contribution in [0.3, 0.4) is 0 Å². The van der Waals surface area contributed by atoms with Gasteiger partial charge < -0.3 is 4.74 Å². The number of hydrogen-bond donors (Lipinski definition) is 0. The van der Waals surface area contributed by atoms with Crippen molar-refractivity contribution in [1.29, 1.82) is 0 Å². The average molecular weight is 282 g/mol. The lowest BCUT2D eigenvalue weighted by molar-refractivity contribution is 0.412. The lowest BCUT2D eigenvalue weighted by Crippen LogP contribution is -1.88. The fourth-order valence-corrected chi connectivity index (χ4v) is 2.91. The highest BCUT2D eigenvalue weighted by molar-refractivity contribution is 7.13. The summed E-state index contributed by atoms with van der Waals surface area (Å²) < 4.78 is 5.29. The first-order valence-corrected chi connectivity index (χ1v) is 7.17. The smallest absolute Gasteiger partial charge is 0.124 e. The van der Waals surface area contributed by atoms with Crippen LogP contribution in [0.15, 0.2) is 48.1 Å². The number of hydrogen-bond acceptors (Lipinski definition) is 4. The van der Waals surface area contributed by atoms with E-state index >= 15 is 0 Å². The van der Waals surface area contributed by atoms with Gasteiger partial charge in [0.25, 0.3) is 0 Å². The number of rotatable bonds is 3. The van der Waals surface area contributed by atoms with Gasteiger partial charge in [0, 0.05) is 28.9 Å². The minimum Gasteiger partial charge on any atom is -0.496 e. The first-order valence-electron chi connectivity index (χ1n) is 6.29. The molecule has 0 bridgehead atoms. The summed E-state index contributed by atoms with van der Waals surface area (Å²) in [5, 5.41) is 3.09. The van der Waals surface area contributed by atoms with E-state index in [1.54, 1.807) is 30.8 Å². The Morgan fingerprint density at radius 1 is 1.05 bits per heavy atom. The van der Waals surface area contributed by atoms with Gasteiger partial charge in [0.1, 0.15) is 10.8 Å². The maximum atomic E-state index is 5.29. The molecule has 0 fully saturated rings. The van der Waals surface area contributed by atoms with E-state index in [0.29, 0.717) is 0 Å². The van der Waals surface area contributed by atoms with Crippen molar-refractivity contribution < 1.29 is 4.74 Å². The summed E-state index contributed by atoms with van der Waals surface area (Å²) >= 11 is 1.64. The normalized spacial score (nSPS) is 10.5. The zero-order chi connectivity index (χ0) is 13.9. The molecule has 4 heteroatoms. The number of benzene rings is 1. The summed E-state index contributed by atoms with van der Waals surface area (Å²) in [6.07, 6.45) is 3.57. The number of thiazole rings is 1. The molecule has 3 aromatic rings. The Bertz CT molecular complexity index is 722. The average Bonchev–Trinajstić information content (AvgIpc) is 2.98. The molecule has 0 spiro atoms. The molecule has 0 N–H and O–H groups in total. The quantitative estimate of drug-likeness (QED) is 0.722. The maximum absolute atomic E-state index is 5.29. The molecule has 0 aliphatic heterocycles. The molecule has 2 aromatic heterocycles. The van der Waals surface area contributed by atoms with Crippen molar-refractivity contribution in [3.63, 3.8) is 0 Å². The van der Waals surface area contributed by atoms with Crippen molar-refractivity contribution in [1.82, 2.24) is 9.97 Å². The Balaban J connectivity index is 1.96. The van der Waals surface area contributed by atoms with Crippen LogP contribution in [0.5, 0.6) is 5.75 Å². The second-order valence-corrected chi connectivity index (χ2v) is 5.32. The number of pyridine rings is 1. The van der Waals surface area contributed by atoms with E-state index < -0.39 is 0 Å². The topological polar surface area (TPSA) is 35.0 Å². The van der Waals surface area contributed by atoms with Gasteiger partial charge in [-0.25, -0.2) is 4.98 Å². The van der Waals surface area contributed by atoms with Crippen LogP contribution in [-0.4, -0.2) is 17.1 Å². The highest BCUT2D eigenvalue weighted by atomic mass is 32.1. The Morgan fingerprint density at radius 3 is 2.55 bits per heavy atom. The fourth-order valence-electron chi connectivity index (χ4n) is 2.07. The summed E-state index contributed by atoms with van der Waals surface area (Å²) in [5.74, 6) is 0.901. The molecular formula is C16H14N2OS. The second kappa shape index (κ2) is 5.43. The second-order valence-electron chi connectivity index (χ2n) is 4.46. The van der Waals surface area contributed by atoms with Gasteiger partial charge in [0.15, 0.2) is 0 Å². The van der Waals surface area contributed by atoms with Gasteiger partial charge in [-0.2, -0.15) is 0 Å². The van der Waals surface area contributed by atoms with Gasteiger partial charge in [-0.05, 0) is 42.8 Å². The Kier molecular flexibility index (Phi) is 3.48. The van der Waals surface area contributed by atoms with E-state index in [0.717, 1.165) is 33.1 Å². The Hall–Kier alpha value is -2.20. The van der Waals surface area contributed by atoms with E-state index in [1.807, 2.05) is 31.2 Å². The maximum Gasteiger partial charge on any atom is 0.124 e. The van der Waals surface area contributed by atoms with Gasteiger partial charge in [-0.1, -0.05) is 0 Å². The molecule has 0 unspecified atom stereocenters.